The molecule has 3 aromatic rings. The predicted octanol–water partition coefficient (Wildman–Crippen LogP) is 3.50. The van der Waals surface area contributed by atoms with E-state index in [1.54, 1.807) is 35.7 Å². The maximum atomic E-state index is 12.5. The minimum Gasteiger partial charge on any atom is -0.435 e. The number of nitrogens with one attached hydrogen (secondary N) is 1. The number of nitrogens with zero attached hydrogens (tertiary/aromatic N) is 2. The van der Waals surface area contributed by atoms with Gasteiger partial charge in [-0.15, -0.1) is 0 Å². The monoisotopic (exact) mass is 317 g/mol. The summed E-state index contributed by atoms with van der Waals surface area (Å²) in [6.45, 7) is -1.18. The summed E-state index contributed by atoms with van der Waals surface area (Å²) in [5.74, 6) is -0.400. The van der Waals surface area contributed by atoms with Gasteiger partial charge in [0.2, 0.25) is 0 Å². The van der Waals surface area contributed by atoms with Crippen molar-refractivity contribution in [3.05, 3.63) is 60.0 Å². The molecule has 1 N–H and O–H groups in total. The van der Waals surface area contributed by atoms with Crippen LogP contribution >= 0.6 is 0 Å². The summed E-state index contributed by atoms with van der Waals surface area (Å²) < 4.78 is 30.5. The number of halogens is 2. The van der Waals surface area contributed by atoms with Crippen molar-refractivity contribution in [2.45, 2.75) is 13.5 Å². The molecular formula is C16H13F2N3O2. The van der Waals surface area contributed by atoms with E-state index in [-0.39, 0.29) is 11.7 Å². The van der Waals surface area contributed by atoms with E-state index in [9.17, 15) is 13.6 Å². The molecular weight excluding hydrogens is 304 g/mol. The molecule has 2 aromatic heterocycles. The lowest BCUT2D eigenvalue weighted by molar-refractivity contribution is -0.0497. The Balaban J connectivity index is 1.88. The van der Waals surface area contributed by atoms with Crippen LogP contribution in [0.2, 0.25) is 0 Å². The number of alkyl halides is 2. The van der Waals surface area contributed by atoms with Gasteiger partial charge in [0.15, 0.2) is 0 Å². The van der Waals surface area contributed by atoms with Gasteiger partial charge in [0.1, 0.15) is 17.1 Å². The number of pyridine rings is 1. The number of ether oxygens (including phenoxy) is 1. The van der Waals surface area contributed by atoms with E-state index in [1.807, 2.05) is 6.07 Å². The maximum Gasteiger partial charge on any atom is 0.387 e. The number of imidazole rings is 1. The van der Waals surface area contributed by atoms with Gasteiger partial charge in [-0.05, 0) is 31.2 Å². The second-order valence-electron chi connectivity index (χ2n) is 4.84. The molecule has 23 heavy (non-hydrogen) atoms. The molecule has 2 heterocycles. The van der Waals surface area contributed by atoms with E-state index < -0.39 is 6.61 Å². The number of anilines is 1. The summed E-state index contributed by atoms with van der Waals surface area (Å²) in [5, 5.41) is 2.67. The van der Waals surface area contributed by atoms with Crippen molar-refractivity contribution in [1.29, 1.82) is 0 Å². The van der Waals surface area contributed by atoms with Crippen LogP contribution in [0.25, 0.3) is 5.65 Å². The molecule has 5 nitrogen and oxygen atoms in total. The van der Waals surface area contributed by atoms with Gasteiger partial charge in [-0.3, -0.25) is 9.20 Å². The molecule has 0 saturated heterocycles. The Kier molecular flexibility index (Phi) is 3.92. The largest absolute Gasteiger partial charge is 0.435 e. The van der Waals surface area contributed by atoms with E-state index in [4.69, 9.17) is 0 Å². The van der Waals surface area contributed by atoms with Crippen molar-refractivity contribution in [2.24, 2.45) is 0 Å². The Hall–Kier alpha value is -2.96. The molecule has 0 bridgehead atoms. The van der Waals surface area contributed by atoms with Crippen LogP contribution in [0.4, 0.5) is 14.5 Å². The van der Waals surface area contributed by atoms with Crippen LogP contribution in [0.3, 0.4) is 0 Å². The third kappa shape index (κ3) is 3.13. The first-order valence-corrected chi connectivity index (χ1v) is 6.84. The number of carbonyl (C=O) groups is 1. The van der Waals surface area contributed by atoms with Crippen LogP contribution in [-0.2, 0) is 0 Å². The van der Waals surface area contributed by atoms with Crippen LogP contribution in [-0.4, -0.2) is 21.9 Å². The van der Waals surface area contributed by atoms with Crippen molar-refractivity contribution in [1.82, 2.24) is 9.38 Å². The third-order valence-corrected chi connectivity index (χ3v) is 3.24. The number of hydrogen-bond acceptors (Lipinski definition) is 3. The Bertz CT molecular complexity index is 861. The second kappa shape index (κ2) is 6.04. The van der Waals surface area contributed by atoms with Crippen molar-refractivity contribution in [2.75, 3.05) is 5.32 Å². The Morgan fingerprint density at radius 3 is 2.87 bits per heavy atom. The summed E-state index contributed by atoms with van der Waals surface area (Å²) in [6, 6.07) is 11.3. The molecule has 1 aromatic carbocycles. The number of benzene rings is 1. The highest BCUT2D eigenvalue weighted by atomic mass is 19.3. The van der Waals surface area contributed by atoms with Crippen molar-refractivity contribution >= 4 is 17.2 Å². The standard InChI is InChI=1S/C16H13F2N3O2/c1-10-14(21-8-3-2-7-13(21)19-10)15(22)20-11-5-4-6-12(9-11)23-16(17)18/h2-9,16H,1H3,(H,20,22). The number of aryl methyl sites for hydroxylation is 1. The smallest absolute Gasteiger partial charge is 0.387 e. The van der Waals surface area contributed by atoms with Gasteiger partial charge < -0.3 is 10.1 Å². The SMILES string of the molecule is Cc1nc2ccccn2c1C(=O)Nc1cccc(OC(F)F)c1. The maximum absolute atomic E-state index is 12.5. The molecule has 0 aliphatic carbocycles. The highest BCUT2D eigenvalue weighted by Gasteiger charge is 2.16. The zero-order valence-electron chi connectivity index (χ0n) is 12.2. The molecule has 0 aliphatic rings. The predicted molar refractivity (Wildman–Crippen MR) is 81.0 cm³/mol. The van der Waals surface area contributed by atoms with Crippen LogP contribution in [0.5, 0.6) is 5.75 Å². The lowest BCUT2D eigenvalue weighted by atomic mass is 10.2. The zero-order chi connectivity index (χ0) is 16.4. The molecule has 0 atom stereocenters. The van der Waals surface area contributed by atoms with Crippen molar-refractivity contribution in [3.63, 3.8) is 0 Å². The van der Waals surface area contributed by atoms with E-state index in [1.165, 1.54) is 18.2 Å². The number of aromatic nitrogens is 2. The summed E-state index contributed by atoms with van der Waals surface area (Å²) in [7, 11) is 0. The first-order chi connectivity index (χ1) is 11.0. The van der Waals surface area contributed by atoms with E-state index in [0.29, 0.717) is 22.7 Å². The first-order valence-electron chi connectivity index (χ1n) is 6.84. The Morgan fingerprint density at radius 1 is 1.26 bits per heavy atom. The molecule has 0 fully saturated rings. The van der Waals surface area contributed by atoms with Gasteiger partial charge in [-0.2, -0.15) is 8.78 Å². The van der Waals surface area contributed by atoms with Crippen LogP contribution in [0.1, 0.15) is 16.2 Å². The van der Waals surface area contributed by atoms with Crippen LogP contribution in [0.15, 0.2) is 48.7 Å². The normalized spacial score (nSPS) is 11.0. The van der Waals surface area contributed by atoms with Gasteiger partial charge in [0.25, 0.3) is 5.91 Å². The molecule has 0 saturated carbocycles. The highest BCUT2D eigenvalue weighted by Crippen LogP contribution is 2.20. The molecule has 1 amide bonds. The number of carbonyl (C=O) groups excluding carboxylic acids is 1. The molecule has 0 radical (unpaired) electrons. The summed E-state index contributed by atoms with van der Waals surface area (Å²) >= 11 is 0. The van der Waals surface area contributed by atoms with Crippen LogP contribution < -0.4 is 10.1 Å². The number of fused-ring (bicyclic) bond motifs is 1. The topological polar surface area (TPSA) is 55.6 Å². The van der Waals surface area contributed by atoms with Gasteiger partial charge >= 0.3 is 6.61 Å². The summed E-state index contributed by atoms with van der Waals surface area (Å²) in [5.41, 5.74) is 1.98. The lowest BCUT2D eigenvalue weighted by Gasteiger charge is -2.08. The van der Waals surface area contributed by atoms with Gasteiger partial charge in [0, 0.05) is 18.0 Å². The molecule has 0 unspecified atom stereocenters. The summed E-state index contributed by atoms with van der Waals surface area (Å²) in [6.07, 6.45) is 1.74. The molecule has 3 rings (SSSR count). The number of amides is 1. The lowest BCUT2D eigenvalue weighted by Crippen LogP contribution is -2.15. The quantitative estimate of drug-likeness (QED) is 0.801. The van der Waals surface area contributed by atoms with E-state index >= 15 is 0 Å². The number of hydrogen-bond donors (Lipinski definition) is 1. The van der Waals surface area contributed by atoms with Gasteiger partial charge in [-0.1, -0.05) is 12.1 Å². The average Bonchev–Trinajstić information content (AvgIpc) is 2.82. The fourth-order valence-corrected chi connectivity index (χ4v) is 2.33. The summed E-state index contributed by atoms with van der Waals surface area (Å²) in [4.78, 5) is 16.8. The van der Waals surface area contributed by atoms with Gasteiger partial charge in [0.05, 0.1) is 5.69 Å². The van der Waals surface area contributed by atoms with E-state index in [2.05, 4.69) is 15.0 Å². The second-order valence-corrected chi connectivity index (χ2v) is 4.84. The van der Waals surface area contributed by atoms with Crippen molar-refractivity contribution < 1.29 is 18.3 Å². The Labute approximate surface area is 130 Å². The molecule has 0 spiro atoms. The van der Waals surface area contributed by atoms with Crippen LogP contribution in [0, 0.1) is 6.92 Å². The first kappa shape index (κ1) is 15.0. The zero-order valence-corrected chi connectivity index (χ0v) is 12.2. The third-order valence-electron chi connectivity index (χ3n) is 3.24. The number of rotatable bonds is 4. The average molecular weight is 317 g/mol. The van der Waals surface area contributed by atoms with Gasteiger partial charge in [-0.25, -0.2) is 4.98 Å². The van der Waals surface area contributed by atoms with E-state index in [0.717, 1.165) is 0 Å². The molecule has 118 valence electrons. The van der Waals surface area contributed by atoms with Crippen molar-refractivity contribution in [3.8, 4) is 5.75 Å². The minimum atomic E-state index is -2.91. The Morgan fingerprint density at radius 2 is 2.09 bits per heavy atom. The fourth-order valence-electron chi connectivity index (χ4n) is 2.33. The fraction of sp³-hybridized carbons (Fsp3) is 0.125. The minimum absolute atomic E-state index is 0.0207. The molecule has 7 heteroatoms. The highest BCUT2D eigenvalue weighted by molar-refractivity contribution is 6.04. The molecule has 0 aliphatic heterocycles.